The Kier molecular flexibility index (Phi) is 9.28. The van der Waals surface area contributed by atoms with E-state index < -0.39 is 35.2 Å². The number of pyridine rings is 1. The first-order chi connectivity index (χ1) is 21.7. The maximum atomic E-state index is 14.2. The number of nitriles is 1. The summed E-state index contributed by atoms with van der Waals surface area (Å²) in [5.74, 6) is -1.32. The zero-order valence-electron chi connectivity index (χ0n) is 25.5. The number of carbonyl (C=O) groups excluding carboxylic acids is 1. The first-order valence-electron chi connectivity index (χ1n) is 14.6. The number of nitrogens with two attached hydrogens (primary N) is 1. The molecule has 0 bridgehead atoms. The molecule has 0 saturated carbocycles. The van der Waals surface area contributed by atoms with E-state index >= 15 is 0 Å². The molecule has 244 valence electrons. The number of nitrogens with zero attached hydrogens (tertiary/aromatic N) is 7. The maximum Gasteiger partial charge on any atom is 0.418 e. The van der Waals surface area contributed by atoms with Crippen LogP contribution in [-0.4, -0.2) is 82.6 Å². The number of amides is 1. The molecule has 2 aromatic heterocycles. The third-order valence-electron chi connectivity index (χ3n) is 8.42. The normalized spacial score (nSPS) is 20.6. The number of likely N-dealkylation sites (N-methyl/N-ethyl adjacent to an activating group) is 1. The van der Waals surface area contributed by atoms with Gasteiger partial charge in [0.25, 0.3) is 5.91 Å². The van der Waals surface area contributed by atoms with Crippen LogP contribution in [0.4, 0.5) is 29.2 Å². The van der Waals surface area contributed by atoms with Crippen molar-refractivity contribution in [2.45, 2.75) is 44.9 Å². The molecule has 10 nitrogen and oxygen atoms in total. The van der Waals surface area contributed by atoms with Crippen LogP contribution in [-0.2, 0) is 11.0 Å². The summed E-state index contributed by atoms with van der Waals surface area (Å²) in [7, 11) is 2.00. The number of halogens is 5. The molecule has 2 fully saturated rings. The molecule has 3 aromatic rings. The minimum Gasteiger partial charge on any atom is -0.462 e. The van der Waals surface area contributed by atoms with Crippen molar-refractivity contribution in [3.63, 3.8) is 0 Å². The van der Waals surface area contributed by atoms with E-state index in [9.17, 15) is 27.6 Å². The zero-order chi connectivity index (χ0) is 33.5. The Morgan fingerprint density at radius 1 is 1.20 bits per heavy atom. The van der Waals surface area contributed by atoms with Gasteiger partial charge in [0.05, 0.1) is 40.3 Å². The first-order valence-corrected chi connectivity index (χ1v) is 15.0. The van der Waals surface area contributed by atoms with Crippen molar-refractivity contribution >= 4 is 40.0 Å². The summed E-state index contributed by atoms with van der Waals surface area (Å²) in [4.78, 5) is 31.0. The number of hydrogen-bond acceptors (Lipinski definition) is 9. The molecule has 3 atom stereocenters. The first kappa shape index (κ1) is 33.2. The lowest BCUT2D eigenvalue weighted by Crippen LogP contribution is -2.55. The van der Waals surface area contributed by atoms with Crippen LogP contribution in [0.15, 0.2) is 30.6 Å². The van der Waals surface area contributed by atoms with E-state index in [0.29, 0.717) is 17.1 Å². The highest BCUT2D eigenvalue weighted by Crippen LogP contribution is 2.43. The summed E-state index contributed by atoms with van der Waals surface area (Å²) in [5, 5.41) is 9.80. The highest BCUT2D eigenvalue weighted by molar-refractivity contribution is 6.34. The molecule has 0 spiro atoms. The van der Waals surface area contributed by atoms with Crippen molar-refractivity contribution in [1.29, 1.82) is 5.26 Å². The van der Waals surface area contributed by atoms with E-state index in [-0.39, 0.29) is 72.2 Å². The number of fused-ring (bicyclic) bond motifs is 1. The molecule has 5 rings (SSSR count). The Morgan fingerprint density at radius 3 is 2.57 bits per heavy atom. The second-order valence-electron chi connectivity index (χ2n) is 11.9. The van der Waals surface area contributed by atoms with Crippen molar-refractivity contribution < 1.29 is 27.1 Å². The summed E-state index contributed by atoms with van der Waals surface area (Å²) in [6.07, 6.45) is -3.92. The number of aromatic nitrogens is 3. The van der Waals surface area contributed by atoms with E-state index in [1.807, 2.05) is 13.1 Å². The second-order valence-corrected chi connectivity index (χ2v) is 12.3. The van der Waals surface area contributed by atoms with Crippen LogP contribution < -0.4 is 15.4 Å². The molecule has 2 aliphatic rings. The van der Waals surface area contributed by atoms with Gasteiger partial charge in [-0.3, -0.25) is 9.69 Å². The SMILES string of the molecule is C=C(F)C(=O)N1CCN(c2nc(OCC3CC(C)CN3C)nc3cc(-c4nc(N)cc(C)c4C(F)(F)F)c(Cl)cc23)CC1CC#N. The van der Waals surface area contributed by atoms with Gasteiger partial charge in [0.15, 0.2) is 5.83 Å². The van der Waals surface area contributed by atoms with Gasteiger partial charge in [0.1, 0.15) is 18.2 Å². The van der Waals surface area contributed by atoms with Crippen LogP contribution in [0, 0.1) is 24.2 Å². The summed E-state index contributed by atoms with van der Waals surface area (Å²) < 4.78 is 62.6. The molecule has 1 aromatic carbocycles. The van der Waals surface area contributed by atoms with E-state index in [2.05, 4.69) is 33.4 Å². The molecule has 1 amide bonds. The lowest BCUT2D eigenvalue weighted by atomic mass is 9.99. The van der Waals surface area contributed by atoms with Crippen LogP contribution in [0.5, 0.6) is 6.01 Å². The van der Waals surface area contributed by atoms with Gasteiger partial charge in [-0.25, -0.2) is 9.37 Å². The van der Waals surface area contributed by atoms with Crippen LogP contribution in [0.3, 0.4) is 0 Å². The lowest BCUT2D eigenvalue weighted by molar-refractivity contribution is -0.137. The quantitative estimate of drug-likeness (QED) is 0.262. The van der Waals surface area contributed by atoms with Crippen LogP contribution in [0.25, 0.3) is 22.2 Å². The number of aryl methyl sites for hydroxylation is 1. The van der Waals surface area contributed by atoms with Crippen molar-refractivity contribution in [2.75, 3.05) is 50.5 Å². The smallest absolute Gasteiger partial charge is 0.418 e. The summed E-state index contributed by atoms with van der Waals surface area (Å²) in [5.41, 5.74) is 4.55. The number of likely N-dealkylation sites (tertiary alicyclic amines) is 1. The molecule has 0 aliphatic carbocycles. The molecule has 0 radical (unpaired) electrons. The standard InChI is InChI=1S/C31H33ClF4N8O2/c1-16-9-20(42(4)13-16)15-46-30-39-24-12-21(27-26(31(34,35)36)17(2)10-25(38)40-27)23(32)11-22(24)28(41-30)43-7-8-44(29(45)18(3)33)19(14-43)5-6-37/h10-12,16,19-20H,3,5,7-9,13-15H2,1-2,4H3,(H2,38,40). The maximum absolute atomic E-state index is 14.2. The zero-order valence-corrected chi connectivity index (χ0v) is 26.3. The summed E-state index contributed by atoms with van der Waals surface area (Å²) in [6, 6.07) is 5.45. The topological polar surface area (TPSA) is 124 Å². The fourth-order valence-electron chi connectivity index (χ4n) is 6.33. The number of carbonyl (C=O) groups is 1. The van der Waals surface area contributed by atoms with E-state index in [0.717, 1.165) is 19.0 Å². The van der Waals surface area contributed by atoms with Crippen molar-refractivity contribution in [3.05, 3.63) is 46.8 Å². The van der Waals surface area contributed by atoms with Gasteiger partial charge in [0.2, 0.25) is 0 Å². The molecule has 3 unspecified atom stereocenters. The fourth-order valence-corrected chi connectivity index (χ4v) is 6.58. The average molecular weight is 661 g/mol. The fraction of sp³-hybridized carbons (Fsp3) is 0.452. The van der Waals surface area contributed by atoms with E-state index in [1.54, 1.807) is 4.90 Å². The van der Waals surface area contributed by atoms with Gasteiger partial charge >= 0.3 is 12.2 Å². The Balaban J connectivity index is 1.63. The third-order valence-corrected chi connectivity index (χ3v) is 8.74. The molecule has 4 heterocycles. The number of anilines is 2. The number of hydrogen-bond donors (Lipinski definition) is 1. The predicted molar refractivity (Wildman–Crippen MR) is 166 cm³/mol. The highest BCUT2D eigenvalue weighted by atomic mass is 35.5. The van der Waals surface area contributed by atoms with E-state index in [4.69, 9.17) is 22.1 Å². The molecular formula is C31H33ClF4N8O2. The minimum absolute atomic E-state index is 0.0102. The monoisotopic (exact) mass is 660 g/mol. The predicted octanol–water partition coefficient (Wildman–Crippen LogP) is 5.39. The van der Waals surface area contributed by atoms with Gasteiger partial charge in [-0.1, -0.05) is 25.1 Å². The van der Waals surface area contributed by atoms with Gasteiger partial charge in [0, 0.05) is 43.2 Å². The minimum atomic E-state index is -4.74. The average Bonchev–Trinajstić information content (AvgIpc) is 3.30. The Morgan fingerprint density at radius 2 is 1.93 bits per heavy atom. The summed E-state index contributed by atoms with van der Waals surface area (Å²) >= 11 is 6.66. The largest absolute Gasteiger partial charge is 0.462 e. The van der Waals surface area contributed by atoms with Crippen molar-refractivity contribution in [2.24, 2.45) is 5.92 Å². The number of benzene rings is 1. The Hall–Kier alpha value is -4.22. The second kappa shape index (κ2) is 12.9. The summed E-state index contributed by atoms with van der Waals surface area (Å²) in [6.45, 7) is 8.09. The van der Waals surface area contributed by atoms with Crippen molar-refractivity contribution in [1.82, 2.24) is 24.8 Å². The number of piperazine rings is 1. The molecule has 2 aliphatic heterocycles. The molecule has 15 heteroatoms. The van der Waals surface area contributed by atoms with E-state index in [1.165, 1.54) is 24.0 Å². The van der Waals surface area contributed by atoms with Crippen LogP contribution in [0.2, 0.25) is 5.02 Å². The van der Waals surface area contributed by atoms with Crippen molar-refractivity contribution in [3.8, 4) is 23.3 Å². The number of alkyl halides is 3. The Labute approximate surface area is 268 Å². The van der Waals surface area contributed by atoms with Crippen LogP contribution in [0.1, 0.15) is 30.9 Å². The number of ether oxygens (including phenoxy) is 1. The number of nitrogen functional groups attached to an aromatic ring is 1. The van der Waals surface area contributed by atoms with Gasteiger partial charge < -0.3 is 20.3 Å². The highest BCUT2D eigenvalue weighted by Gasteiger charge is 2.38. The molecular weight excluding hydrogens is 628 g/mol. The third kappa shape index (κ3) is 6.66. The molecule has 2 saturated heterocycles. The van der Waals surface area contributed by atoms with Gasteiger partial charge in [-0.15, -0.1) is 0 Å². The molecule has 2 N–H and O–H groups in total. The number of rotatable bonds is 7. The van der Waals surface area contributed by atoms with Gasteiger partial charge in [-0.2, -0.15) is 28.4 Å². The molecule has 46 heavy (non-hydrogen) atoms. The lowest BCUT2D eigenvalue weighted by Gasteiger charge is -2.41. The van der Waals surface area contributed by atoms with Gasteiger partial charge in [-0.05, 0) is 50.1 Å². The van der Waals surface area contributed by atoms with Crippen LogP contribution >= 0.6 is 11.6 Å². The Bertz CT molecular complexity index is 1730.